The number of carbonyl (C=O) groups is 1. The number of primary amides is 1. The standard InChI is InChI=1S/C6H14N2O3/c1-10-4-5(11-2)3-8-6(7)9/h5H,3-4H2,1-2H3,(H3,7,8,9). The predicted molar refractivity (Wildman–Crippen MR) is 40.3 cm³/mol. The van der Waals surface area contributed by atoms with Crippen molar-refractivity contribution in [2.75, 3.05) is 27.4 Å². The maximum atomic E-state index is 10.2. The number of methoxy groups -OCH3 is 2. The van der Waals surface area contributed by atoms with Gasteiger partial charge in [0.1, 0.15) is 0 Å². The fraction of sp³-hybridized carbons (Fsp3) is 0.833. The fourth-order valence-corrected chi connectivity index (χ4v) is 0.611. The van der Waals surface area contributed by atoms with Crippen molar-refractivity contribution >= 4 is 6.03 Å². The highest BCUT2D eigenvalue weighted by Gasteiger charge is 2.06. The van der Waals surface area contributed by atoms with E-state index in [-0.39, 0.29) is 6.10 Å². The van der Waals surface area contributed by atoms with Crippen molar-refractivity contribution in [1.82, 2.24) is 5.32 Å². The zero-order valence-electron chi connectivity index (χ0n) is 6.79. The molecule has 0 heterocycles. The third-order valence-electron chi connectivity index (χ3n) is 1.19. The normalized spacial score (nSPS) is 12.5. The summed E-state index contributed by atoms with van der Waals surface area (Å²) < 4.78 is 9.76. The monoisotopic (exact) mass is 162 g/mol. The zero-order valence-corrected chi connectivity index (χ0v) is 6.79. The van der Waals surface area contributed by atoms with Gasteiger partial charge in [0.2, 0.25) is 0 Å². The third kappa shape index (κ3) is 5.63. The van der Waals surface area contributed by atoms with E-state index in [1.165, 1.54) is 0 Å². The SMILES string of the molecule is COCC(CNC(N)=O)OC. The summed E-state index contributed by atoms with van der Waals surface area (Å²) in [6.45, 7) is 0.816. The summed E-state index contributed by atoms with van der Waals surface area (Å²) in [5.74, 6) is 0. The summed E-state index contributed by atoms with van der Waals surface area (Å²) in [6.07, 6.45) is -0.132. The predicted octanol–water partition coefficient (Wildman–Crippen LogP) is -0.684. The highest BCUT2D eigenvalue weighted by molar-refractivity contribution is 5.71. The van der Waals surface area contributed by atoms with Crippen molar-refractivity contribution in [2.45, 2.75) is 6.10 Å². The number of nitrogens with one attached hydrogen (secondary N) is 1. The molecule has 5 heteroatoms. The van der Waals surface area contributed by atoms with Crippen LogP contribution in [0.2, 0.25) is 0 Å². The molecule has 0 fully saturated rings. The number of hydrogen-bond donors (Lipinski definition) is 2. The first-order valence-corrected chi connectivity index (χ1v) is 3.25. The topological polar surface area (TPSA) is 73.6 Å². The van der Waals surface area contributed by atoms with Gasteiger partial charge in [0.05, 0.1) is 12.7 Å². The van der Waals surface area contributed by atoms with E-state index in [1.54, 1.807) is 14.2 Å². The Morgan fingerprint density at radius 1 is 1.64 bits per heavy atom. The minimum absolute atomic E-state index is 0.132. The van der Waals surface area contributed by atoms with Crippen LogP contribution in [0.15, 0.2) is 0 Å². The maximum absolute atomic E-state index is 10.2. The van der Waals surface area contributed by atoms with Crippen molar-refractivity contribution in [3.05, 3.63) is 0 Å². The van der Waals surface area contributed by atoms with E-state index in [2.05, 4.69) is 5.32 Å². The summed E-state index contributed by atoms with van der Waals surface area (Å²) in [4.78, 5) is 10.2. The molecular weight excluding hydrogens is 148 g/mol. The van der Waals surface area contributed by atoms with Gasteiger partial charge in [0.15, 0.2) is 0 Å². The number of urea groups is 1. The summed E-state index contributed by atoms with van der Waals surface area (Å²) >= 11 is 0. The van der Waals surface area contributed by atoms with Crippen LogP contribution in [0.5, 0.6) is 0 Å². The van der Waals surface area contributed by atoms with E-state index in [0.29, 0.717) is 13.2 Å². The van der Waals surface area contributed by atoms with E-state index in [0.717, 1.165) is 0 Å². The van der Waals surface area contributed by atoms with Gasteiger partial charge in [0, 0.05) is 20.8 Å². The van der Waals surface area contributed by atoms with Gasteiger partial charge in [-0.2, -0.15) is 0 Å². The second-order valence-corrected chi connectivity index (χ2v) is 2.06. The van der Waals surface area contributed by atoms with E-state index in [9.17, 15) is 4.79 Å². The van der Waals surface area contributed by atoms with Gasteiger partial charge in [-0.3, -0.25) is 0 Å². The fourth-order valence-electron chi connectivity index (χ4n) is 0.611. The average molecular weight is 162 g/mol. The van der Waals surface area contributed by atoms with E-state index < -0.39 is 6.03 Å². The molecule has 1 atom stereocenters. The highest BCUT2D eigenvalue weighted by Crippen LogP contribution is 1.87. The number of hydrogen-bond acceptors (Lipinski definition) is 3. The van der Waals surface area contributed by atoms with Crippen LogP contribution in [-0.4, -0.2) is 39.5 Å². The maximum Gasteiger partial charge on any atom is 0.312 e. The lowest BCUT2D eigenvalue weighted by atomic mass is 10.4. The Labute approximate surface area is 65.8 Å². The number of amides is 2. The van der Waals surface area contributed by atoms with Crippen molar-refractivity contribution in [1.29, 1.82) is 0 Å². The van der Waals surface area contributed by atoms with Crippen LogP contribution in [0.3, 0.4) is 0 Å². The van der Waals surface area contributed by atoms with E-state index in [1.807, 2.05) is 0 Å². The van der Waals surface area contributed by atoms with Crippen LogP contribution in [0.25, 0.3) is 0 Å². The Hall–Kier alpha value is -0.810. The molecule has 0 spiro atoms. The lowest BCUT2D eigenvalue weighted by molar-refractivity contribution is 0.0306. The molecule has 0 saturated heterocycles. The molecule has 2 amide bonds. The molecule has 1 unspecified atom stereocenters. The van der Waals surface area contributed by atoms with Gasteiger partial charge in [-0.25, -0.2) is 4.79 Å². The van der Waals surface area contributed by atoms with Crippen LogP contribution >= 0.6 is 0 Å². The molecule has 0 aromatic carbocycles. The average Bonchev–Trinajstić information content (AvgIpc) is 1.97. The first kappa shape index (κ1) is 10.2. The molecule has 66 valence electrons. The Morgan fingerprint density at radius 3 is 2.64 bits per heavy atom. The van der Waals surface area contributed by atoms with Gasteiger partial charge < -0.3 is 20.5 Å². The van der Waals surface area contributed by atoms with Gasteiger partial charge in [-0.05, 0) is 0 Å². The zero-order chi connectivity index (χ0) is 8.69. The Kier molecular flexibility index (Phi) is 5.50. The number of rotatable bonds is 5. The molecule has 0 aliphatic carbocycles. The minimum Gasteiger partial charge on any atom is -0.382 e. The molecule has 0 saturated carbocycles. The molecule has 0 radical (unpaired) electrons. The van der Waals surface area contributed by atoms with Crippen molar-refractivity contribution < 1.29 is 14.3 Å². The smallest absolute Gasteiger partial charge is 0.312 e. The van der Waals surface area contributed by atoms with Crippen LogP contribution in [-0.2, 0) is 9.47 Å². The van der Waals surface area contributed by atoms with E-state index >= 15 is 0 Å². The lowest BCUT2D eigenvalue weighted by Crippen LogP contribution is -2.38. The summed E-state index contributed by atoms with van der Waals surface area (Å²) in [6, 6.07) is -0.553. The second-order valence-electron chi connectivity index (χ2n) is 2.06. The second kappa shape index (κ2) is 5.94. The van der Waals surface area contributed by atoms with Crippen LogP contribution in [0.4, 0.5) is 4.79 Å². The van der Waals surface area contributed by atoms with Gasteiger partial charge in [-0.1, -0.05) is 0 Å². The Balaban J connectivity index is 3.43. The molecule has 11 heavy (non-hydrogen) atoms. The van der Waals surface area contributed by atoms with Crippen LogP contribution in [0.1, 0.15) is 0 Å². The minimum atomic E-state index is -0.553. The molecule has 0 bridgehead atoms. The van der Waals surface area contributed by atoms with Crippen molar-refractivity contribution in [3.63, 3.8) is 0 Å². The van der Waals surface area contributed by atoms with Crippen LogP contribution < -0.4 is 11.1 Å². The van der Waals surface area contributed by atoms with Gasteiger partial charge >= 0.3 is 6.03 Å². The molecule has 0 aliphatic rings. The largest absolute Gasteiger partial charge is 0.382 e. The molecular formula is C6H14N2O3. The number of nitrogens with two attached hydrogens (primary N) is 1. The van der Waals surface area contributed by atoms with Crippen molar-refractivity contribution in [2.24, 2.45) is 5.73 Å². The highest BCUT2D eigenvalue weighted by atomic mass is 16.5. The van der Waals surface area contributed by atoms with E-state index in [4.69, 9.17) is 15.2 Å². The third-order valence-corrected chi connectivity index (χ3v) is 1.19. The molecule has 3 N–H and O–H groups in total. The molecule has 0 aromatic rings. The molecule has 0 rings (SSSR count). The summed E-state index contributed by atoms with van der Waals surface area (Å²) in [5, 5.41) is 2.42. The Morgan fingerprint density at radius 2 is 2.27 bits per heavy atom. The first-order chi connectivity index (χ1) is 5.20. The summed E-state index contributed by atoms with van der Waals surface area (Å²) in [7, 11) is 3.11. The quantitative estimate of drug-likeness (QED) is 0.562. The van der Waals surface area contributed by atoms with Gasteiger partial charge in [0.25, 0.3) is 0 Å². The molecule has 0 aromatic heterocycles. The number of ether oxygens (including phenoxy) is 2. The van der Waals surface area contributed by atoms with Gasteiger partial charge in [-0.15, -0.1) is 0 Å². The Bertz CT molecular complexity index is 118. The van der Waals surface area contributed by atoms with Crippen molar-refractivity contribution in [3.8, 4) is 0 Å². The first-order valence-electron chi connectivity index (χ1n) is 3.25. The summed E-state index contributed by atoms with van der Waals surface area (Å²) in [5.41, 5.74) is 4.85. The van der Waals surface area contributed by atoms with Crippen LogP contribution in [0, 0.1) is 0 Å². The molecule has 5 nitrogen and oxygen atoms in total. The number of carbonyl (C=O) groups excluding carboxylic acids is 1. The molecule has 0 aliphatic heterocycles. The lowest BCUT2D eigenvalue weighted by Gasteiger charge is -2.13.